The number of nitrogen functional groups attached to an aromatic ring is 2. The molecule has 0 spiro atoms. The number of carbonyl (C=O) groups excluding carboxylic acids is 4. The third kappa shape index (κ3) is 10.4. The van der Waals surface area contributed by atoms with Gasteiger partial charge in [-0.15, -0.1) is 0 Å². The second-order valence-corrected chi connectivity index (χ2v) is 13.0. The average molecular weight is 703 g/mol. The lowest BCUT2D eigenvalue weighted by Gasteiger charge is -2.30. The second-order valence-electron chi connectivity index (χ2n) is 11.6. The Bertz CT molecular complexity index is 1590. The van der Waals surface area contributed by atoms with Crippen LogP contribution in [0.1, 0.15) is 79.8 Å². The fourth-order valence-corrected chi connectivity index (χ4v) is 5.14. The first-order chi connectivity index (χ1) is 22.4. The molecule has 0 aliphatic heterocycles. The van der Waals surface area contributed by atoms with Crippen LogP contribution >= 0.6 is 25.3 Å². The van der Waals surface area contributed by atoms with Crippen LogP contribution in [0.3, 0.4) is 0 Å². The van der Waals surface area contributed by atoms with Crippen LogP contribution in [0.5, 0.6) is 0 Å². The molecule has 0 aliphatic rings. The molecule has 0 atom stereocenters. The number of nitrogens with two attached hydrogens (primary N) is 2. The summed E-state index contributed by atoms with van der Waals surface area (Å²) in [6.45, 7) is 11.7. The fourth-order valence-electron chi connectivity index (χ4n) is 4.49. The van der Waals surface area contributed by atoms with Crippen LogP contribution in [0.15, 0.2) is 34.9 Å². The predicted octanol–water partition coefficient (Wildman–Crippen LogP) is 3.78. The Kier molecular flexibility index (Phi) is 14.9. The number of hydrogen-bond donors (Lipinski definition) is 4. The van der Waals surface area contributed by atoms with Gasteiger partial charge in [-0.3, -0.25) is 19.2 Å². The van der Waals surface area contributed by atoms with Gasteiger partial charge in [-0.2, -0.15) is 25.3 Å². The van der Waals surface area contributed by atoms with Gasteiger partial charge in [0, 0.05) is 50.7 Å². The topological polar surface area (TPSA) is 197 Å². The molecule has 0 bridgehead atoms. The largest absolute Gasteiger partial charge is 0.465 e. The van der Waals surface area contributed by atoms with Crippen molar-refractivity contribution in [3.8, 4) is 0 Å². The minimum atomic E-state index is -0.870. The summed E-state index contributed by atoms with van der Waals surface area (Å²) in [7, 11) is 3.06. The van der Waals surface area contributed by atoms with Crippen LogP contribution in [0, 0.1) is 25.7 Å². The van der Waals surface area contributed by atoms with Gasteiger partial charge in [-0.1, -0.05) is 27.7 Å². The SMILES string of the molecule is C/C(=C(CCOC(=O)C(C)C)/C(CCOC(=O)C(C)C)=C(\C(S)S)N(C)C(=O)c1cnc(C)nc1N)N(C)C(=O)c1cnc(C)nc1N. The summed E-state index contributed by atoms with van der Waals surface area (Å²) >= 11 is 9.25. The Labute approximate surface area is 292 Å². The number of nitrogens with zero attached hydrogens (tertiary/aromatic N) is 6. The number of rotatable bonds is 14. The van der Waals surface area contributed by atoms with Gasteiger partial charge in [0.25, 0.3) is 11.8 Å². The standard InChI is InChI=1S/C32H46N8O6S2/c1-16(2)30(43)45-12-10-21(18(5)39(8)28(41)23-14-35-19(6)37-26(23)33)22(11-13-46-31(44)17(3)4)25(32(47)48)40(9)29(42)24-15-36-20(7)38-27(24)34/h14-17,32,47-48H,10-13H2,1-9H3,(H2,33,35,37)(H2,34,36,38)/b21-18-,25-22+. The molecule has 4 N–H and O–H groups in total. The molecule has 2 heterocycles. The molecule has 0 radical (unpaired) electrons. The second kappa shape index (κ2) is 17.8. The van der Waals surface area contributed by atoms with Gasteiger partial charge in [0.05, 0.1) is 29.6 Å². The monoisotopic (exact) mass is 702 g/mol. The van der Waals surface area contributed by atoms with Crippen molar-refractivity contribution in [2.75, 3.05) is 38.8 Å². The normalized spacial score (nSPS) is 12.5. The molecule has 0 saturated heterocycles. The maximum Gasteiger partial charge on any atom is 0.308 e. The predicted molar refractivity (Wildman–Crippen MR) is 189 cm³/mol. The van der Waals surface area contributed by atoms with E-state index in [4.69, 9.17) is 20.9 Å². The van der Waals surface area contributed by atoms with E-state index < -0.39 is 28.3 Å². The molecular weight excluding hydrogens is 657 g/mol. The van der Waals surface area contributed by atoms with E-state index in [9.17, 15) is 19.2 Å². The molecule has 2 amide bonds. The summed E-state index contributed by atoms with van der Waals surface area (Å²) in [6.07, 6.45) is 2.86. The van der Waals surface area contributed by atoms with Crippen LogP contribution in [-0.2, 0) is 19.1 Å². The third-order valence-electron chi connectivity index (χ3n) is 7.30. The van der Waals surface area contributed by atoms with Crippen LogP contribution in [0.2, 0.25) is 0 Å². The fraction of sp³-hybridized carbons (Fsp3) is 0.500. The number of esters is 2. The Hall–Kier alpha value is -4.18. The number of amides is 2. The van der Waals surface area contributed by atoms with E-state index in [2.05, 4.69) is 45.2 Å². The zero-order valence-corrected chi connectivity index (χ0v) is 30.7. The molecule has 0 aromatic carbocycles. The molecule has 0 unspecified atom stereocenters. The van der Waals surface area contributed by atoms with Gasteiger partial charge in [0.2, 0.25) is 0 Å². The van der Waals surface area contributed by atoms with E-state index >= 15 is 0 Å². The summed E-state index contributed by atoms with van der Waals surface area (Å²) in [5.74, 6) is -1.87. The van der Waals surface area contributed by atoms with Gasteiger partial charge in [-0.05, 0) is 31.9 Å². The lowest BCUT2D eigenvalue weighted by molar-refractivity contribution is -0.148. The van der Waals surface area contributed by atoms with E-state index in [0.717, 1.165) is 0 Å². The third-order valence-corrected chi connectivity index (χ3v) is 7.79. The quantitative estimate of drug-likeness (QED) is 0.0964. The van der Waals surface area contributed by atoms with Crippen molar-refractivity contribution in [2.24, 2.45) is 11.8 Å². The molecule has 2 aromatic heterocycles. The van der Waals surface area contributed by atoms with Gasteiger partial charge in [0.15, 0.2) is 0 Å². The van der Waals surface area contributed by atoms with E-state index in [0.29, 0.717) is 34.2 Å². The van der Waals surface area contributed by atoms with Crippen molar-refractivity contribution >= 4 is 60.6 Å². The Morgan fingerprint density at radius 1 is 0.750 bits per heavy atom. The van der Waals surface area contributed by atoms with Crippen LogP contribution in [-0.4, -0.2) is 85.4 Å². The van der Waals surface area contributed by atoms with Gasteiger partial charge < -0.3 is 30.7 Å². The highest BCUT2D eigenvalue weighted by Crippen LogP contribution is 2.34. The summed E-state index contributed by atoms with van der Waals surface area (Å²) < 4.78 is 10.2. The summed E-state index contributed by atoms with van der Waals surface area (Å²) in [5, 5.41) is 0. The average Bonchev–Trinajstić information content (AvgIpc) is 3.00. The highest BCUT2D eigenvalue weighted by atomic mass is 32.2. The summed E-state index contributed by atoms with van der Waals surface area (Å²) in [4.78, 5) is 71.6. The lowest BCUT2D eigenvalue weighted by atomic mass is 9.95. The van der Waals surface area contributed by atoms with Crippen LogP contribution in [0.25, 0.3) is 0 Å². The molecule has 16 heteroatoms. The van der Waals surface area contributed by atoms with E-state index in [1.807, 2.05) is 0 Å². The maximum atomic E-state index is 13.9. The zero-order valence-electron chi connectivity index (χ0n) is 28.9. The molecule has 0 aliphatic carbocycles. The number of aryl methyl sites for hydroxylation is 2. The van der Waals surface area contributed by atoms with Crippen molar-refractivity contribution in [2.45, 2.75) is 65.9 Å². The number of ether oxygens (including phenoxy) is 2. The number of hydrogen-bond acceptors (Lipinski definition) is 14. The number of allylic oxidation sites excluding steroid dienone is 1. The zero-order chi connectivity index (χ0) is 36.5. The molecular formula is C32H46N8O6S2. The Morgan fingerprint density at radius 2 is 1.15 bits per heavy atom. The number of anilines is 2. The first-order valence-corrected chi connectivity index (χ1v) is 16.3. The molecule has 262 valence electrons. The van der Waals surface area contributed by atoms with E-state index in [1.54, 1.807) is 55.5 Å². The molecule has 0 fully saturated rings. The number of thiol groups is 2. The van der Waals surface area contributed by atoms with Crippen molar-refractivity contribution < 1.29 is 28.7 Å². The van der Waals surface area contributed by atoms with E-state index in [1.165, 1.54) is 29.2 Å². The van der Waals surface area contributed by atoms with E-state index in [-0.39, 0.29) is 60.7 Å². The van der Waals surface area contributed by atoms with Gasteiger partial charge in [0.1, 0.15) is 34.4 Å². The summed E-state index contributed by atoms with van der Waals surface area (Å²) in [6, 6.07) is 0. The van der Waals surface area contributed by atoms with Crippen molar-refractivity contribution in [3.05, 3.63) is 57.7 Å². The van der Waals surface area contributed by atoms with Crippen molar-refractivity contribution in [1.29, 1.82) is 0 Å². The minimum Gasteiger partial charge on any atom is -0.465 e. The first kappa shape index (κ1) is 40.0. The van der Waals surface area contributed by atoms with Crippen LogP contribution < -0.4 is 11.5 Å². The van der Waals surface area contributed by atoms with Gasteiger partial charge >= 0.3 is 11.9 Å². The first-order valence-electron chi connectivity index (χ1n) is 15.3. The molecule has 2 rings (SSSR count). The number of aromatic nitrogens is 4. The van der Waals surface area contributed by atoms with Gasteiger partial charge in [-0.25, -0.2) is 19.9 Å². The molecule has 0 saturated carbocycles. The van der Waals surface area contributed by atoms with Crippen molar-refractivity contribution in [3.63, 3.8) is 0 Å². The Balaban J connectivity index is 2.85. The van der Waals surface area contributed by atoms with Crippen LogP contribution in [0.4, 0.5) is 11.6 Å². The molecule has 48 heavy (non-hydrogen) atoms. The highest BCUT2D eigenvalue weighted by molar-refractivity contribution is 7.99. The Morgan fingerprint density at radius 3 is 1.52 bits per heavy atom. The molecule has 2 aromatic rings. The molecule has 14 nitrogen and oxygen atoms in total. The minimum absolute atomic E-state index is 0.00521. The lowest BCUT2D eigenvalue weighted by Crippen LogP contribution is -2.33. The maximum absolute atomic E-state index is 13.9. The smallest absolute Gasteiger partial charge is 0.308 e. The van der Waals surface area contributed by atoms with Crippen molar-refractivity contribution in [1.82, 2.24) is 29.7 Å². The number of carbonyl (C=O) groups is 4. The summed E-state index contributed by atoms with van der Waals surface area (Å²) in [5.41, 5.74) is 14.0. The highest BCUT2D eigenvalue weighted by Gasteiger charge is 2.29.